The molecular weight excluding hydrogens is 356 g/mol. The van der Waals surface area contributed by atoms with Crippen LogP contribution in [0.3, 0.4) is 0 Å². The van der Waals surface area contributed by atoms with Gasteiger partial charge in [0.25, 0.3) is 5.56 Å². The fraction of sp³-hybridized carbons (Fsp3) is 0.476. The third-order valence-electron chi connectivity index (χ3n) is 5.10. The highest BCUT2D eigenvalue weighted by Crippen LogP contribution is 2.11. The molecule has 1 aromatic carbocycles. The van der Waals surface area contributed by atoms with Gasteiger partial charge in [0.15, 0.2) is 0 Å². The second-order valence-corrected chi connectivity index (χ2v) is 7.17. The summed E-state index contributed by atoms with van der Waals surface area (Å²) in [5, 5.41) is 10.4. The van der Waals surface area contributed by atoms with Crippen LogP contribution in [-0.2, 0) is 13.0 Å². The Kier molecular flexibility index (Phi) is 7.19. The summed E-state index contributed by atoms with van der Waals surface area (Å²) in [6, 6.07) is 9.68. The van der Waals surface area contributed by atoms with E-state index in [-0.39, 0.29) is 18.0 Å². The van der Waals surface area contributed by atoms with Crippen LogP contribution in [0, 0.1) is 0 Å². The number of benzene rings is 1. The molecule has 0 aliphatic carbocycles. The number of rotatable bonds is 8. The molecule has 1 fully saturated rings. The van der Waals surface area contributed by atoms with Gasteiger partial charge in [0.2, 0.25) is 5.88 Å². The fourth-order valence-corrected chi connectivity index (χ4v) is 3.51. The predicted molar refractivity (Wildman–Crippen MR) is 111 cm³/mol. The van der Waals surface area contributed by atoms with Crippen LogP contribution in [0.15, 0.2) is 44.9 Å². The van der Waals surface area contributed by atoms with E-state index >= 15 is 0 Å². The minimum Gasteiger partial charge on any atom is -0.494 e. The van der Waals surface area contributed by atoms with Crippen molar-refractivity contribution in [1.29, 1.82) is 0 Å². The summed E-state index contributed by atoms with van der Waals surface area (Å²) in [6.07, 6.45) is 6.70. The van der Waals surface area contributed by atoms with E-state index in [1.165, 1.54) is 30.0 Å². The van der Waals surface area contributed by atoms with E-state index in [9.17, 15) is 14.7 Å². The number of aromatic hydroxyl groups is 1. The minimum atomic E-state index is -0.613. The van der Waals surface area contributed by atoms with E-state index in [1.54, 1.807) is 0 Å². The smallest absolute Gasteiger partial charge is 0.331 e. The monoisotopic (exact) mass is 384 g/mol. The average molecular weight is 384 g/mol. The molecule has 0 bridgehead atoms. The number of aromatic amines is 1. The number of nitrogens with one attached hydrogen (secondary N) is 1. The van der Waals surface area contributed by atoms with Gasteiger partial charge in [0.1, 0.15) is 5.56 Å². The van der Waals surface area contributed by atoms with E-state index in [1.807, 2.05) is 30.3 Å². The van der Waals surface area contributed by atoms with Crippen LogP contribution < -0.4 is 11.2 Å². The summed E-state index contributed by atoms with van der Waals surface area (Å²) >= 11 is 0. The molecule has 150 valence electrons. The van der Waals surface area contributed by atoms with Crippen molar-refractivity contribution in [2.75, 3.05) is 26.2 Å². The highest BCUT2D eigenvalue weighted by molar-refractivity contribution is 5.81. The average Bonchev–Trinajstić information content (AvgIpc) is 2.71. The first-order valence-electron chi connectivity index (χ1n) is 9.97. The Balaban J connectivity index is 1.61. The topological polar surface area (TPSA) is 90.7 Å². The zero-order valence-electron chi connectivity index (χ0n) is 16.1. The van der Waals surface area contributed by atoms with Crippen LogP contribution in [-0.4, -0.2) is 52.0 Å². The van der Waals surface area contributed by atoms with Crippen molar-refractivity contribution in [2.45, 2.75) is 38.6 Å². The Morgan fingerprint density at radius 2 is 1.82 bits per heavy atom. The molecule has 0 spiro atoms. The molecule has 2 aromatic rings. The lowest BCUT2D eigenvalue weighted by Gasteiger charge is -2.25. The minimum absolute atomic E-state index is 0.0330. The number of likely N-dealkylation sites (tertiary alicyclic amines) is 1. The number of hydrogen-bond acceptors (Lipinski definition) is 5. The second kappa shape index (κ2) is 10.0. The van der Waals surface area contributed by atoms with Gasteiger partial charge in [0.05, 0.1) is 0 Å². The van der Waals surface area contributed by atoms with Crippen molar-refractivity contribution < 1.29 is 5.11 Å². The van der Waals surface area contributed by atoms with Crippen LogP contribution in [0.4, 0.5) is 0 Å². The maximum Gasteiger partial charge on any atom is 0.331 e. The van der Waals surface area contributed by atoms with E-state index in [0.717, 1.165) is 31.6 Å². The first kappa shape index (κ1) is 20.1. The lowest BCUT2D eigenvalue weighted by atomic mass is 10.1. The first-order valence-corrected chi connectivity index (χ1v) is 9.97. The Hall–Kier alpha value is -2.67. The zero-order chi connectivity index (χ0) is 19.8. The Bertz CT molecular complexity index is 896. The van der Waals surface area contributed by atoms with E-state index < -0.39 is 11.2 Å². The molecule has 1 aliphatic heterocycles. The molecule has 7 heteroatoms. The Morgan fingerprint density at radius 3 is 2.57 bits per heavy atom. The molecule has 0 radical (unpaired) electrons. The molecule has 28 heavy (non-hydrogen) atoms. The maximum absolute atomic E-state index is 12.1. The molecule has 2 N–H and O–H groups in total. The van der Waals surface area contributed by atoms with Gasteiger partial charge in [-0.2, -0.15) is 0 Å². The quantitative estimate of drug-likeness (QED) is 0.536. The molecule has 0 atom stereocenters. The molecule has 0 unspecified atom stereocenters. The largest absolute Gasteiger partial charge is 0.494 e. The number of aryl methyl sites for hydroxylation is 1. The van der Waals surface area contributed by atoms with Crippen molar-refractivity contribution in [1.82, 2.24) is 14.5 Å². The molecule has 1 aliphatic rings. The number of aliphatic imine (C=N–C) groups is 1. The summed E-state index contributed by atoms with van der Waals surface area (Å²) in [5.41, 5.74) is -0.141. The zero-order valence-corrected chi connectivity index (χ0v) is 16.1. The lowest BCUT2D eigenvalue weighted by molar-refractivity contribution is 0.228. The summed E-state index contributed by atoms with van der Waals surface area (Å²) in [5.74, 6) is -0.329. The van der Waals surface area contributed by atoms with E-state index in [0.29, 0.717) is 13.0 Å². The predicted octanol–water partition coefficient (Wildman–Crippen LogP) is 1.78. The number of piperidine rings is 1. The van der Waals surface area contributed by atoms with Gasteiger partial charge in [-0.1, -0.05) is 36.8 Å². The molecule has 1 saturated heterocycles. The fourth-order valence-electron chi connectivity index (χ4n) is 3.51. The van der Waals surface area contributed by atoms with Crippen molar-refractivity contribution >= 4 is 6.21 Å². The third kappa shape index (κ3) is 5.42. The van der Waals surface area contributed by atoms with Gasteiger partial charge in [-0.15, -0.1) is 0 Å². The van der Waals surface area contributed by atoms with Crippen molar-refractivity contribution in [3.05, 3.63) is 62.3 Å². The van der Waals surface area contributed by atoms with Crippen molar-refractivity contribution in [3.63, 3.8) is 0 Å². The van der Waals surface area contributed by atoms with Gasteiger partial charge in [0, 0.05) is 19.3 Å². The van der Waals surface area contributed by atoms with Gasteiger partial charge in [-0.25, -0.2) is 4.79 Å². The number of hydrogen-bond donors (Lipinski definition) is 2. The molecule has 7 nitrogen and oxygen atoms in total. The van der Waals surface area contributed by atoms with Gasteiger partial charge in [-0.3, -0.25) is 19.3 Å². The molecule has 3 rings (SSSR count). The summed E-state index contributed by atoms with van der Waals surface area (Å²) in [4.78, 5) is 33.1. The van der Waals surface area contributed by atoms with Crippen LogP contribution in [0.5, 0.6) is 5.88 Å². The summed E-state index contributed by atoms with van der Waals surface area (Å²) < 4.78 is 1.18. The second-order valence-electron chi connectivity index (χ2n) is 7.17. The summed E-state index contributed by atoms with van der Waals surface area (Å²) in [6.45, 7) is 4.16. The summed E-state index contributed by atoms with van der Waals surface area (Å²) in [7, 11) is 0. The third-order valence-corrected chi connectivity index (χ3v) is 5.10. The molecule has 2 heterocycles. The number of nitrogens with zero attached hydrogens (tertiary/aromatic N) is 3. The number of aromatic nitrogens is 2. The maximum atomic E-state index is 12.1. The first-order chi connectivity index (χ1) is 13.6. The van der Waals surface area contributed by atoms with Crippen molar-refractivity contribution in [3.8, 4) is 5.88 Å². The highest BCUT2D eigenvalue weighted by Gasteiger charge is 2.13. The molecule has 0 amide bonds. The van der Waals surface area contributed by atoms with Gasteiger partial charge in [-0.05, 0) is 50.9 Å². The van der Waals surface area contributed by atoms with Crippen LogP contribution in [0.25, 0.3) is 0 Å². The molecule has 1 aromatic heterocycles. The van der Waals surface area contributed by atoms with Crippen LogP contribution in [0.1, 0.15) is 36.8 Å². The van der Waals surface area contributed by atoms with E-state index in [4.69, 9.17) is 0 Å². The van der Waals surface area contributed by atoms with Crippen LogP contribution in [0.2, 0.25) is 0 Å². The SMILES string of the molecule is O=c1[nH]c(=O)n(CCc2ccccc2)c(O)c1C=NCCCN1CCCCC1. The molecule has 0 saturated carbocycles. The standard InChI is InChI=1S/C21H28N4O3/c26-19-18(16-22-11-7-14-24-12-5-2-6-13-24)20(27)25(21(28)23-19)15-10-17-8-3-1-4-9-17/h1,3-4,8-9,16,27H,2,5-7,10-15H2,(H,23,26,28). The molecular formula is C21H28N4O3. The van der Waals surface area contributed by atoms with E-state index in [2.05, 4.69) is 14.9 Å². The number of H-pyrrole nitrogens is 1. The van der Waals surface area contributed by atoms with Gasteiger partial charge < -0.3 is 10.0 Å². The lowest BCUT2D eigenvalue weighted by Crippen LogP contribution is -2.32. The normalized spacial score (nSPS) is 15.3. The highest BCUT2D eigenvalue weighted by atomic mass is 16.3. The Labute approximate surface area is 164 Å². The van der Waals surface area contributed by atoms with Crippen LogP contribution >= 0.6 is 0 Å². The van der Waals surface area contributed by atoms with Crippen molar-refractivity contribution in [2.24, 2.45) is 4.99 Å². The van der Waals surface area contributed by atoms with Gasteiger partial charge >= 0.3 is 5.69 Å². The Morgan fingerprint density at radius 1 is 1.07 bits per heavy atom.